The zero-order chi connectivity index (χ0) is 16.0. The van der Waals surface area contributed by atoms with E-state index >= 15 is 0 Å². The fourth-order valence-corrected chi connectivity index (χ4v) is 2.48. The van der Waals surface area contributed by atoms with Crippen molar-refractivity contribution in [2.75, 3.05) is 17.2 Å². The van der Waals surface area contributed by atoms with Gasteiger partial charge in [-0.3, -0.25) is 0 Å². The van der Waals surface area contributed by atoms with Gasteiger partial charge in [0.15, 0.2) is 0 Å². The van der Waals surface area contributed by atoms with E-state index in [2.05, 4.69) is 64.1 Å². The zero-order valence-electron chi connectivity index (χ0n) is 14.7. The van der Waals surface area contributed by atoms with E-state index in [4.69, 9.17) is 4.98 Å². The van der Waals surface area contributed by atoms with Crippen molar-refractivity contribution in [3.63, 3.8) is 0 Å². The summed E-state index contributed by atoms with van der Waals surface area (Å²) in [6, 6.07) is 2.43. The average Bonchev–Trinajstić information content (AvgIpc) is 2.39. The molecular formula is C17H32N4. The lowest BCUT2D eigenvalue weighted by molar-refractivity contribution is 0.436. The van der Waals surface area contributed by atoms with Gasteiger partial charge in [0.05, 0.1) is 0 Å². The summed E-state index contributed by atoms with van der Waals surface area (Å²) in [6.45, 7) is 16.1. The Bertz CT molecular complexity index is 433. The summed E-state index contributed by atoms with van der Waals surface area (Å²) in [4.78, 5) is 9.34. The van der Waals surface area contributed by atoms with Crippen LogP contribution in [0.3, 0.4) is 0 Å². The topological polar surface area (TPSA) is 49.8 Å². The summed E-state index contributed by atoms with van der Waals surface area (Å²) in [6.07, 6.45) is 2.36. The first-order chi connectivity index (χ1) is 9.81. The Morgan fingerprint density at radius 3 is 2.10 bits per heavy atom. The van der Waals surface area contributed by atoms with E-state index in [9.17, 15) is 0 Å². The Morgan fingerprint density at radius 1 is 1.05 bits per heavy atom. The number of nitrogens with one attached hydrogen (secondary N) is 2. The number of hydrogen-bond acceptors (Lipinski definition) is 4. The van der Waals surface area contributed by atoms with Crippen LogP contribution < -0.4 is 10.6 Å². The van der Waals surface area contributed by atoms with Crippen LogP contribution in [0.25, 0.3) is 0 Å². The van der Waals surface area contributed by atoms with Crippen LogP contribution in [0, 0.1) is 5.92 Å². The summed E-state index contributed by atoms with van der Waals surface area (Å²) in [7, 11) is 0. The molecule has 120 valence electrons. The van der Waals surface area contributed by atoms with Gasteiger partial charge >= 0.3 is 0 Å². The Morgan fingerprint density at radius 2 is 1.62 bits per heavy atom. The molecule has 2 N–H and O–H groups in total. The smallest absolute Gasteiger partial charge is 0.138 e. The van der Waals surface area contributed by atoms with Crippen LogP contribution >= 0.6 is 0 Å². The second kappa shape index (κ2) is 7.62. The molecule has 1 rings (SSSR count). The SMILES string of the molecule is CCNc1cc(NC(C)C(CC)CC)nc(C(C)(C)C)n1. The number of nitrogens with zero attached hydrogens (tertiary/aromatic N) is 2. The summed E-state index contributed by atoms with van der Waals surface area (Å²) < 4.78 is 0. The maximum absolute atomic E-state index is 4.72. The van der Waals surface area contributed by atoms with Crippen LogP contribution in [0.1, 0.15) is 67.1 Å². The molecule has 0 bridgehead atoms. The molecule has 0 aliphatic rings. The fraction of sp³-hybridized carbons (Fsp3) is 0.765. The fourth-order valence-electron chi connectivity index (χ4n) is 2.48. The molecule has 1 aromatic heterocycles. The highest BCUT2D eigenvalue weighted by Crippen LogP contribution is 2.24. The lowest BCUT2D eigenvalue weighted by Crippen LogP contribution is -2.27. The monoisotopic (exact) mass is 292 g/mol. The number of hydrogen-bond donors (Lipinski definition) is 2. The van der Waals surface area contributed by atoms with Crippen molar-refractivity contribution >= 4 is 11.6 Å². The largest absolute Gasteiger partial charge is 0.370 e. The molecule has 0 spiro atoms. The molecule has 0 aliphatic carbocycles. The first kappa shape index (κ1) is 17.7. The van der Waals surface area contributed by atoms with Crippen LogP contribution in [0.15, 0.2) is 6.07 Å². The molecule has 0 radical (unpaired) electrons. The quantitative estimate of drug-likeness (QED) is 0.780. The van der Waals surface area contributed by atoms with Gasteiger partial charge in [0.2, 0.25) is 0 Å². The zero-order valence-corrected chi connectivity index (χ0v) is 14.7. The van der Waals surface area contributed by atoms with Crippen molar-refractivity contribution in [1.82, 2.24) is 9.97 Å². The van der Waals surface area contributed by atoms with Crippen molar-refractivity contribution < 1.29 is 0 Å². The molecule has 0 aliphatic heterocycles. The lowest BCUT2D eigenvalue weighted by atomic mass is 9.95. The molecule has 1 unspecified atom stereocenters. The van der Waals surface area contributed by atoms with Gasteiger partial charge in [0.25, 0.3) is 0 Å². The number of anilines is 2. The van der Waals surface area contributed by atoms with Gasteiger partial charge in [-0.25, -0.2) is 9.97 Å². The van der Waals surface area contributed by atoms with Crippen molar-refractivity contribution in [3.05, 3.63) is 11.9 Å². The number of rotatable bonds is 7. The highest BCUT2D eigenvalue weighted by molar-refractivity contribution is 5.48. The molecule has 0 fully saturated rings. The minimum atomic E-state index is -0.0555. The molecule has 4 heteroatoms. The highest BCUT2D eigenvalue weighted by Gasteiger charge is 2.20. The minimum Gasteiger partial charge on any atom is -0.370 e. The molecule has 0 saturated carbocycles. The second-order valence-electron chi connectivity index (χ2n) is 6.75. The van der Waals surface area contributed by atoms with Gasteiger partial charge in [-0.15, -0.1) is 0 Å². The van der Waals surface area contributed by atoms with Gasteiger partial charge in [-0.2, -0.15) is 0 Å². The number of aromatic nitrogens is 2. The van der Waals surface area contributed by atoms with E-state index in [0.29, 0.717) is 12.0 Å². The van der Waals surface area contributed by atoms with Crippen molar-refractivity contribution in [3.8, 4) is 0 Å². The second-order valence-corrected chi connectivity index (χ2v) is 6.75. The van der Waals surface area contributed by atoms with E-state index < -0.39 is 0 Å². The summed E-state index contributed by atoms with van der Waals surface area (Å²) in [5.41, 5.74) is -0.0555. The van der Waals surface area contributed by atoms with E-state index in [1.807, 2.05) is 6.07 Å². The Hall–Kier alpha value is -1.32. The third-order valence-electron chi connectivity index (χ3n) is 3.89. The van der Waals surface area contributed by atoms with Crippen molar-refractivity contribution in [2.45, 2.75) is 72.8 Å². The minimum absolute atomic E-state index is 0.0555. The van der Waals surface area contributed by atoms with Crippen LogP contribution in [-0.2, 0) is 5.41 Å². The molecular weight excluding hydrogens is 260 g/mol. The third-order valence-corrected chi connectivity index (χ3v) is 3.89. The predicted octanol–water partition coefficient (Wildman–Crippen LogP) is 4.44. The molecule has 0 aromatic carbocycles. The Labute approximate surface area is 130 Å². The molecule has 21 heavy (non-hydrogen) atoms. The van der Waals surface area contributed by atoms with Crippen LogP contribution in [-0.4, -0.2) is 22.6 Å². The maximum atomic E-state index is 4.72. The van der Waals surface area contributed by atoms with Gasteiger partial charge in [-0.1, -0.05) is 47.5 Å². The van der Waals surface area contributed by atoms with E-state index in [1.165, 1.54) is 12.8 Å². The summed E-state index contributed by atoms with van der Waals surface area (Å²) in [5, 5.41) is 6.86. The molecule has 1 aromatic rings. The Kier molecular flexibility index (Phi) is 6.43. The Balaban J connectivity index is 3.02. The van der Waals surface area contributed by atoms with Gasteiger partial charge in [0, 0.05) is 24.1 Å². The van der Waals surface area contributed by atoms with E-state index in [-0.39, 0.29) is 5.41 Å². The first-order valence-corrected chi connectivity index (χ1v) is 8.21. The molecule has 1 atom stereocenters. The lowest BCUT2D eigenvalue weighted by Gasteiger charge is -2.25. The van der Waals surface area contributed by atoms with E-state index in [0.717, 1.165) is 24.0 Å². The average molecular weight is 292 g/mol. The molecule has 0 amide bonds. The first-order valence-electron chi connectivity index (χ1n) is 8.21. The van der Waals surface area contributed by atoms with Gasteiger partial charge < -0.3 is 10.6 Å². The van der Waals surface area contributed by atoms with Crippen LogP contribution in [0.2, 0.25) is 0 Å². The standard InChI is InChI=1S/C17H32N4/c1-8-13(9-2)12(4)19-15-11-14(18-10-3)20-16(21-15)17(5,6)7/h11-13H,8-10H2,1-7H3,(H2,18,19,20,21). The maximum Gasteiger partial charge on any atom is 0.138 e. The van der Waals surface area contributed by atoms with Crippen LogP contribution in [0.5, 0.6) is 0 Å². The molecule has 1 heterocycles. The third kappa shape index (κ3) is 5.18. The van der Waals surface area contributed by atoms with Crippen molar-refractivity contribution in [2.24, 2.45) is 5.92 Å². The summed E-state index contributed by atoms with van der Waals surface area (Å²) in [5.74, 6) is 3.36. The molecule has 4 nitrogen and oxygen atoms in total. The summed E-state index contributed by atoms with van der Waals surface area (Å²) >= 11 is 0. The van der Waals surface area contributed by atoms with Gasteiger partial charge in [0.1, 0.15) is 17.5 Å². The highest BCUT2D eigenvalue weighted by atomic mass is 15.1. The van der Waals surface area contributed by atoms with E-state index in [1.54, 1.807) is 0 Å². The predicted molar refractivity (Wildman–Crippen MR) is 92.1 cm³/mol. The molecule has 0 saturated heterocycles. The van der Waals surface area contributed by atoms with Gasteiger partial charge in [-0.05, 0) is 19.8 Å². The van der Waals surface area contributed by atoms with Crippen LogP contribution in [0.4, 0.5) is 11.6 Å². The van der Waals surface area contributed by atoms with Crippen molar-refractivity contribution in [1.29, 1.82) is 0 Å². The normalized spacial score (nSPS) is 13.3.